The summed E-state index contributed by atoms with van der Waals surface area (Å²) < 4.78 is 0. The number of carboxylic acid groups (broad SMARTS) is 1. The molecule has 0 aromatic heterocycles. The molecule has 0 aliphatic heterocycles. The van der Waals surface area contributed by atoms with Gasteiger partial charge in [-0.25, -0.2) is 4.79 Å². The van der Waals surface area contributed by atoms with E-state index in [4.69, 9.17) is 0 Å². The van der Waals surface area contributed by atoms with E-state index in [1.165, 1.54) is 36.6 Å². The molecule has 0 aliphatic carbocycles. The molecule has 0 spiro atoms. The molecule has 3 rings (SSSR count). The Hall–Kier alpha value is -3.60. The van der Waals surface area contributed by atoms with Gasteiger partial charge in [0.1, 0.15) is 11.3 Å². The van der Waals surface area contributed by atoms with E-state index in [-0.39, 0.29) is 22.8 Å². The van der Waals surface area contributed by atoms with Gasteiger partial charge in [-0.3, -0.25) is 4.79 Å². The summed E-state index contributed by atoms with van der Waals surface area (Å²) in [5.41, 5.74) is 4.56. The lowest BCUT2D eigenvalue weighted by molar-refractivity contribution is 0.0693. The third-order valence-corrected chi connectivity index (χ3v) is 6.51. The lowest BCUT2D eigenvalue weighted by Gasteiger charge is -2.25. The molecule has 0 saturated heterocycles. The smallest absolute Gasteiger partial charge is 0.339 e. The lowest BCUT2D eigenvalue weighted by atomic mass is 9.97. The Morgan fingerprint density at radius 3 is 2.25 bits per heavy atom. The van der Waals surface area contributed by atoms with Crippen molar-refractivity contribution >= 4 is 11.9 Å². The van der Waals surface area contributed by atoms with Gasteiger partial charge in [0.25, 0.3) is 5.91 Å². The number of benzene rings is 3. The number of unbranched alkanes of at least 4 members (excludes halogenated alkanes) is 4. The second kappa shape index (κ2) is 13.5. The van der Waals surface area contributed by atoms with Crippen LogP contribution in [-0.4, -0.2) is 33.5 Å². The first kappa shape index (κ1) is 27.0. The van der Waals surface area contributed by atoms with Gasteiger partial charge in [0.05, 0.1) is 0 Å². The summed E-state index contributed by atoms with van der Waals surface area (Å²) in [7, 11) is 0. The fourth-order valence-corrected chi connectivity index (χ4v) is 4.38. The maximum atomic E-state index is 13.5. The van der Waals surface area contributed by atoms with Gasteiger partial charge < -0.3 is 15.1 Å². The summed E-state index contributed by atoms with van der Waals surface area (Å²) in [6.45, 7) is 5.34. The number of aryl methyl sites for hydroxylation is 1. The van der Waals surface area contributed by atoms with Crippen molar-refractivity contribution in [2.45, 2.75) is 65.3 Å². The zero-order chi connectivity index (χ0) is 25.9. The number of aromatic carboxylic acids is 1. The Morgan fingerprint density at radius 2 is 1.56 bits per heavy atom. The van der Waals surface area contributed by atoms with Crippen molar-refractivity contribution in [2.24, 2.45) is 0 Å². The molecule has 0 unspecified atom stereocenters. The van der Waals surface area contributed by atoms with Crippen molar-refractivity contribution in [3.63, 3.8) is 0 Å². The molecular formula is C31H37NO4. The second-order valence-electron chi connectivity index (χ2n) is 9.28. The molecule has 0 atom stereocenters. The highest BCUT2D eigenvalue weighted by Crippen LogP contribution is 2.27. The number of aromatic hydroxyl groups is 1. The predicted molar refractivity (Wildman–Crippen MR) is 144 cm³/mol. The van der Waals surface area contributed by atoms with E-state index in [9.17, 15) is 19.8 Å². The van der Waals surface area contributed by atoms with E-state index in [1.54, 1.807) is 4.90 Å². The van der Waals surface area contributed by atoms with E-state index in [0.29, 0.717) is 13.1 Å². The summed E-state index contributed by atoms with van der Waals surface area (Å²) in [4.78, 5) is 26.8. The number of carbonyl (C=O) groups is 2. The summed E-state index contributed by atoms with van der Waals surface area (Å²) in [6.07, 6.45) is 7.52. The van der Waals surface area contributed by atoms with Gasteiger partial charge in [0, 0.05) is 18.7 Å². The highest BCUT2D eigenvalue weighted by molar-refractivity contribution is 5.98. The molecule has 0 fully saturated rings. The van der Waals surface area contributed by atoms with Gasteiger partial charge in [-0.15, -0.1) is 0 Å². The molecule has 0 bridgehead atoms. The van der Waals surface area contributed by atoms with Crippen LogP contribution in [0, 0.1) is 0 Å². The van der Waals surface area contributed by atoms with E-state index in [0.717, 1.165) is 48.8 Å². The molecule has 1 amide bonds. The van der Waals surface area contributed by atoms with Crippen molar-refractivity contribution in [1.82, 2.24) is 4.90 Å². The number of carboxylic acids is 1. The topological polar surface area (TPSA) is 77.8 Å². The molecule has 2 N–H and O–H groups in total. The number of carbonyl (C=O) groups excluding carboxylic acids is 1. The largest absolute Gasteiger partial charge is 0.507 e. The number of hydrogen-bond donors (Lipinski definition) is 2. The van der Waals surface area contributed by atoms with E-state index < -0.39 is 5.97 Å². The molecule has 0 aliphatic rings. The number of nitrogens with zero attached hydrogens (tertiary/aromatic N) is 1. The van der Waals surface area contributed by atoms with Crippen LogP contribution in [-0.2, 0) is 13.0 Å². The first-order valence-electron chi connectivity index (χ1n) is 13.0. The first-order chi connectivity index (χ1) is 17.4. The van der Waals surface area contributed by atoms with Crippen molar-refractivity contribution in [3.05, 3.63) is 89.0 Å². The van der Waals surface area contributed by atoms with Crippen LogP contribution in [0.5, 0.6) is 5.75 Å². The molecule has 36 heavy (non-hydrogen) atoms. The molecular weight excluding hydrogens is 450 g/mol. The number of phenols is 1. The Morgan fingerprint density at radius 1 is 0.833 bits per heavy atom. The van der Waals surface area contributed by atoms with Crippen LogP contribution in [0.25, 0.3) is 11.1 Å². The minimum absolute atomic E-state index is 0.237. The highest BCUT2D eigenvalue weighted by atomic mass is 16.4. The molecule has 3 aromatic carbocycles. The van der Waals surface area contributed by atoms with Gasteiger partial charge in [0.15, 0.2) is 0 Å². The van der Waals surface area contributed by atoms with Crippen molar-refractivity contribution < 1.29 is 19.8 Å². The quantitative estimate of drug-likeness (QED) is 0.248. The van der Waals surface area contributed by atoms with Crippen LogP contribution in [0.3, 0.4) is 0 Å². The van der Waals surface area contributed by atoms with Crippen LogP contribution in [0.15, 0.2) is 66.7 Å². The fourth-order valence-electron chi connectivity index (χ4n) is 4.38. The Bertz CT molecular complexity index is 1150. The molecule has 0 radical (unpaired) electrons. The molecule has 5 nitrogen and oxygen atoms in total. The molecule has 0 heterocycles. The maximum absolute atomic E-state index is 13.5. The average Bonchev–Trinajstić information content (AvgIpc) is 2.89. The van der Waals surface area contributed by atoms with Crippen LogP contribution >= 0.6 is 0 Å². The summed E-state index contributed by atoms with van der Waals surface area (Å²) in [5.74, 6) is -1.84. The van der Waals surface area contributed by atoms with Gasteiger partial charge in [-0.1, -0.05) is 88.1 Å². The van der Waals surface area contributed by atoms with Gasteiger partial charge in [0.2, 0.25) is 0 Å². The predicted octanol–water partition coefficient (Wildman–Crippen LogP) is 7.32. The average molecular weight is 488 g/mol. The van der Waals surface area contributed by atoms with Gasteiger partial charge in [-0.05, 0) is 59.7 Å². The third kappa shape index (κ3) is 7.20. The van der Waals surface area contributed by atoms with Crippen LogP contribution in [0.4, 0.5) is 0 Å². The molecule has 0 saturated carbocycles. The van der Waals surface area contributed by atoms with Crippen LogP contribution < -0.4 is 0 Å². The van der Waals surface area contributed by atoms with E-state index >= 15 is 0 Å². The van der Waals surface area contributed by atoms with Gasteiger partial charge >= 0.3 is 5.97 Å². The summed E-state index contributed by atoms with van der Waals surface area (Å²) in [6, 6.07) is 20.8. The zero-order valence-electron chi connectivity index (χ0n) is 21.4. The first-order valence-corrected chi connectivity index (χ1v) is 13.0. The number of amides is 1. The Balaban J connectivity index is 1.89. The Kier molecular flexibility index (Phi) is 10.1. The normalized spacial score (nSPS) is 10.8. The standard InChI is InChI=1S/C31H37NO4/c1-3-5-7-10-20-32(30(34)25-18-19-29(33)28(21-25)31(35)36)22-26-12-8-9-13-27(26)24-16-14-23(15-17-24)11-6-4-2/h8-9,12-19,21,33H,3-7,10-11,20,22H2,1-2H3,(H,35,36). The van der Waals surface area contributed by atoms with Crippen molar-refractivity contribution in [1.29, 1.82) is 0 Å². The molecule has 3 aromatic rings. The van der Waals surface area contributed by atoms with Crippen LogP contribution in [0.1, 0.15) is 84.2 Å². The number of rotatable bonds is 13. The van der Waals surface area contributed by atoms with Crippen molar-refractivity contribution in [3.8, 4) is 16.9 Å². The number of hydrogen-bond acceptors (Lipinski definition) is 3. The van der Waals surface area contributed by atoms with Crippen molar-refractivity contribution in [2.75, 3.05) is 6.54 Å². The molecule has 190 valence electrons. The highest BCUT2D eigenvalue weighted by Gasteiger charge is 2.20. The van der Waals surface area contributed by atoms with E-state index in [2.05, 4.69) is 44.2 Å². The Labute approximate surface area is 214 Å². The lowest BCUT2D eigenvalue weighted by Crippen LogP contribution is -2.32. The van der Waals surface area contributed by atoms with Gasteiger partial charge in [-0.2, -0.15) is 0 Å². The second-order valence-corrected chi connectivity index (χ2v) is 9.28. The third-order valence-electron chi connectivity index (χ3n) is 6.51. The fraction of sp³-hybridized carbons (Fsp3) is 0.355. The summed E-state index contributed by atoms with van der Waals surface area (Å²) >= 11 is 0. The monoisotopic (exact) mass is 487 g/mol. The maximum Gasteiger partial charge on any atom is 0.339 e. The SMILES string of the molecule is CCCCCCN(Cc1ccccc1-c1ccc(CCCC)cc1)C(=O)c1ccc(O)c(C(=O)O)c1. The van der Waals surface area contributed by atoms with Crippen LogP contribution in [0.2, 0.25) is 0 Å². The minimum Gasteiger partial charge on any atom is -0.507 e. The zero-order valence-corrected chi connectivity index (χ0v) is 21.4. The molecule has 5 heteroatoms. The van der Waals surface area contributed by atoms with E-state index in [1.807, 2.05) is 18.2 Å². The minimum atomic E-state index is -1.26. The summed E-state index contributed by atoms with van der Waals surface area (Å²) in [5, 5.41) is 19.3.